The fraction of sp³-hybridized carbons (Fsp3) is 0.353. The molecule has 1 fully saturated rings. The molecule has 1 aromatic heterocycles. The summed E-state index contributed by atoms with van der Waals surface area (Å²) in [5.41, 5.74) is 4.06. The molecule has 1 aliphatic rings. The van der Waals surface area contributed by atoms with Gasteiger partial charge in [-0.15, -0.1) is 0 Å². The first-order valence-corrected chi connectivity index (χ1v) is 6.94. The first-order valence-electron chi connectivity index (χ1n) is 6.94. The van der Waals surface area contributed by atoms with Gasteiger partial charge in [0.05, 0.1) is 0 Å². The normalized spacial score (nSPS) is 16.7. The molecule has 0 aliphatic heterocycles. The molecule has 1 heterocycles. The monoisotopic (exact) mass is 237 g/mol. The lowest BCUT2D eigenvalue weighted by Crippen LogP contribution is -2.04. The Labute approximate surface area is 109 Å². The van der Waals surface area contributed by atoms with Gasteiger partial charge in [-0.2, -0.15) is 0 Å². The molecule has 1 saturated carbocycles. The lowest BCUT2D eigenvalue weighted by Gasteiger charge is -2.22. The van der Waals surface area contributed by atoms with Crippen LogP contribution in [0.15, 0.2) is 48.8 Å². The first kappa shape index (κ1) is 11.5. The summed E-state index contributed by atoms with van der Waals surface area (Å²) in [6.45, 7) is 0. The van der Waals surface area contributed by atoms with Crippen LogP contribution in [0.5, 0.6) is 0 Å². The first-order chi connectivity index (χ1) is 8.93. The highest BCUT2D eigenvalue weighted by Crippen LogP contribution is 2.33. The third-order valence-corrected chi connectivity index (χ3v) is 4.00. The SMILES string of the molecule is c1cc(-c2ccc(C3CCCCC3)cc2)ccn1. The molecule has 2 aromatic rings. The van der Waals surface area contributed by atoms with Crippen LogP contribution in [0.4, 0.5) is 0 Å². The molecule has 0 unspecified atom stereocenters. The molecular weight excluding hydrogens is 218 g/mol. The van der Waals surface area contributed by atoms with Crippen molar-refractivity contribution in [3.8, 4) is 11.1 Å². The topological polar surface area (TPSA) is 12.9 Å². The van der Waals surface area contributed by atoms with Crippen LogP contribution in [0.3, 0.4) is 0 Å². The second-order valence-corrected chi connectivity index (χ2v) is 5.19. The van der Waals surface area contributed by atoms with Gasteiger partial charge in [0.15, 0.2) is 0 Å². The Morgan fingerprint density at radius 3 is 2.00 bits per heavy atom. The third kappa shape index (κ3) is 2.45. The standard InChI is InChI=1S/C17H19N/c1-2-4-14(5-3-1)15-6-8-16(9-7-15)17-10-12-18-13-11-17/h6-14H,1-5H2. The summed E-state index contributed by atoms with van der Waals surface area (Å²) >= 11 is 0. The summed E-state index contributed by atoms with van der Waals surface area (Å²) in [6.07, 6.45) is 10.7. The van der Waals surface area contributed by atoms with Gasteiger partial charge in [-0.3, -0.25) is 4.98 Å². The maximum absolute atomic E-state index is 4.06. The fourth-order valence-electron chi connectivity index (χ4n) is 2.93. The average Bonchev–Trinajstić information content (AvgIpc) is 2.49. The predicted octanol–water partition coefficient (Wildman–Crippen LogP) is 4.80. The molecule has 3 rings (SSSR count). The van der Waals surface area contributed by atoms with Gasteiger partial charge in [0, 0.05) is 12.4 Å². The second-order valence-electron chi connectivity index (χ2n) is 5.19. The van der Waals surface area contributed by atoms with Gasteiger partial charge in [0.1, 0.15) is 0 Å². The minimum Gasteiger partial charge on any atom is -0.265 e. The zero-order chi connectivity index (χ0) is 12.2. The predicted molar refractivity (Wildman–Crippen MR) is 75.5 cm³/mol. The van der Waals surface area contributed by atoms with Crippen molar-refractivity contribution in [1.82, 2.24) is 4.98 Å². The molecule has 0 radical (unpaired) electrons. The maximum atomic E-state index is 4.06. The van der Waals surface area contributed by atoms with Crippen molar-refractivity contribution >= 4 is 0 Å². The van der Waals surface area contributed by atoms with Crippen LogP contribution in [-0.2, 0) is 0 Å². The van der Waals surface area contributed by atoms with Gasteiger partial charge >= 0.3 is 0 Å². The van der Waals surface area contributed by atoms with E-state index in [0.29, 0.717) is 0 Å². The van der Waals surface area contributed by atoms with Gasteiger partial charge in [0.25, 0.3) is 0 Å². The van der Waals surface area contributed by atoms with E-state index in [1.54, 1.807) is 0 Å². The Morgan fingerprint density at radius 2 is 1.33 bits per heavy atom. The number of pyridine rings is 1. The van der Waals surface area contributed by atoms with Crippen LogP contribution in [0.1, 0.15) is 43.6 Å². The summed E-state index contributed by atoms with van der Waals surface area (Å²) in [5.74, 6) is 0.797. The van der Waals surface area contributed by atoms with E-state index in [2.05, 4.69) is 41.4 Å². The average molecular weight is 237 g/mol. The van der Waals surface area contributed by atoms with E-state index in [9.17, 15) is 0 Å². The molecule has 0 N–H and O–H groups in total. The molecule has 1 aromatic carbocycles. The number of hydrogen-bond acceptors (Lipinski definition) is 1. The Kier molecular flexibility index (Phi) is 3.40. The van der Waals surface area contributed by atoms with E-state index in [1.807, 2.05) is 12.4 Å². The van der Waals surface area contributed by atoms with Gasteiger partial charge < -0.3 is 0 Å². The van der Waals surface area contributed by atoms with Crippen molar-refractivity contribution in [1.29, 1.82) is 0 Å². The van der Waals surface area contributed by atoms with Crippen LogP contribution in [0.2, 0.25) is 0 Å². The quantitative estimate of drug-likeness (QED) is 0.731. The van der Waals surface area contributed by atoms with Crippen molar-refractivity contribution in [3.63, 3.8) is 0 Å². The summed E-state index contributed by atoms with van der Waals surface area (Å²) in [7, 11) is 0. The Hall–Kier alpha value is -1.63. The van der Waals surface area contributed by atoms with E-state index >= 15 is 0 Å². The lowest BCUT2D eigenvalue weighted by atomic mass is 9.84. The molecule has 1 nitrogen and oxygen atoms in total. The molecule has 1 aliphatic carbocycles. The Morgan fingerprint density at radius 1 is 0.722 bits per heavy atom. The summed E-state index contributed by atoms with van der Waals surface area (Å²) < 4.78 is 0. The van der Waals surface area contributed by atoms with E-state index in [0.717, 1.165) is 5.92 Å². The van der Waals surface area contributed by atoms with Crippen molar-refractivity contribution in [2.24, 2.45) is 0 Å². The highest BCUT2D eigenvalue weighted by Gasteiger charge is 2.15. The highest BCUT2D eigenvalue weighted by molar-refractivity contribution is 5.63. The number of benzene rings is 1. The largest absolute Gasteiger partial charge is 0.265 e. The number of rotatable bonds is 2. The van der Waals surface area contributed by atoms with Crippen LogP contribution in [0, 0.1) is 0 Å². The van der Waals surface area contributed by atoms with Crippen molar-refractivity contribution < 1.29 is 0 Å². The van der Waals surface area contributed by atoms with Crippen LogP contribution < -0.4 is 0 Å². The molecule has 0 atom stereocenters. The highest BCUT2D eigenvalue weighted by atomic mass is 14.6. The number of aromatic nitrogens is 1. The van der Waals surface area contributed by atoms with E-state index in [4.69, 9.17) is 0 Å². The molecule has 0 bridgehead atoms. The van der Waals surface area contributed by atoms with E-state index < -0.39 is 0 Å². The van der Waals surface area contributed by atoms with E-state index in [1.165, 1.54) is 48.8 Å². The molecule has 0 amide bonds. The smallest absolute Gasteiger partial charge is 0.0273 e. The van der Waals surface area contributed by atoms with Gasteiger partial charge in [-0.25, -0.2) is 0 Å². The zero-order valence-corrected chi connectivity index (χ0v) is 10.7. The molecule has 92 valence electrons. The third-order valence-electron chi connectivity index (χ3n) is 4.00. The van der Waals surface area contributed by atoms with Crippen molar-refractivity contribution in [3.05, 3.63) is 54.4 Å². The zero-order valence-electron chi connectivity index (χ0n) is 10.7. The van der Waals surface area contributed by atoms with Crippen molar-refractivity contribution in [2.75, 3.05) is 0 Å². The Balaban J connectivity index is 1.80. The summed E-state index contributed by atoms with van der Waals surface area (Å²) in [5, 5.41) is 0. The minimum absolute atomic E-state index is 0.797. The van der Waals surface area contributed by atoms with Crippen LogP contribution in [-0.4, -0.2) is 4.98 Å². The molecule has 1 heteroatoms. The molecule has 0 saturated heterocycles. The van der Waals surface area contributed by atoms with Gasteiger partial charge in [0.2, 0.25) is 0 Å². The number of hydrogen-bond donors (Lipinski definition) is 0. The molecular formula is C17H19N. The summed E-state index contributed by atoms with van der Waals surface area (Å²) in [4.78, 5) is 4.06. The lowest BCUT2D eigenvalue weighted by molar-refractivity contribution is 0.443. The second kappa shape index (κ2) is 5.34. The number of nitrogens with zero attached hydrogens (tertiary/aromatic N) is 1. The van der Waals surface area contributed by atoms with Crippen LogP contribution in [0.25, 0.3) is 11.1 Å². The molecule has 18 heavy (non-hydrogen) atoms. The van der Waals surface area contributed by atoms with E-state index in [-0.39, 0.29) is 0 Å². The summed E-state index contributed by atoms with van der Waals surface area (Å²) in [6, 6.07) is 13.3. The Bertz CT molecular complexity index is 481. The minimum atomic E-state index is 0.797. The van der Waals surface area contributed by atoms with Gasteiger partial charge in [-0.05, 0) is 47.6 Å². The fourth-order valence-corrected chi connectivity index (χ4v) is 2.93. The van der Waals surface area contributed by atoms with Gasteiger partial charge in [-0.1, -0.05) is 43.5 Å². The maximum Gasteiger partial charge on any atom is 0.0273 e. The molecule has 0 spiro atoms. The van der Waals surface area contributed by atoms with Crippen molar-refractivity contribution in [2.45, 2.75) is 38.0 Å². The van der Waals surface area contributed by atoms with Crippen LogP contribution >= 0.6 is 0 Å².